The molecule has 0 fully saturated rings. The molecule has 0 bridgehead atoms. The molecule has 2 N–H and O–H groups in total. The Morgan fingerprint density at radius 3 is 3.10 bits per heavy atom. The number of hydrogen-bond donors (Lipinski definition) is 2. The molecule has 3 nitrogen and oxygen atoms in total. The molecule has 3 heteroatoms. The zero-order valence-corrected chi connectivity index (χ0v) is 12.3. The number of rotatable bonds is 3. The van der Waals surface area contributed by atoms with E-state index in [2.05, 4.69) is 24.1 Å². The number of carbonyl (C=O) groups is 1. The molecule has 0 radical (unpaired) electrons. The Morgan fingerprint density at radius 2 is 2.30 bits per heavy atom. The quantitative estimate of drug-likeness (QED) is 0.881. The van der Waals surface area contributed by atoms with Crippen LogP contribution in [0.4, 0.5) is 0 Å². The molecule has 1 aromatic heterocycles. The maximum atomic E-state index is 12.1. The van der Waals surface area contributed by atoms with E-state index in [0.29, 0.717) is 0 Å². The minimum absolute atomic E-state index is 0.0348. The highest BCUT2D eigenvalue weighted by molar-refractivity contribution is 5.99. The van der Waals surface area contributed by atoms with Crippen molar-refractivity contribution in [1.29, 1.82) is 0 Å². The first kappa shape index (κ1) is 13.2. The van der Waals surface area contributed by atoms with Crippen molar-refractivity contribution < 1.29 is 4.79 Å². The molecule has 3 rings (SSSR count). The van der Waals surface area contributed by atoms with Crippen molar-refractivity contribution in [2.24, 2.45) is 5.92 Å². The number of benzene rings is 1. The van der Waals surface area contributed by atoms with Gasteiger partial charge in [-0.05, 0) is 55.4 Å². The number of aromatic nitrogens is 1. The van der Waals surface area contributed by atoms with E-state index in [-0.39, 0.29) is 5.91 Å². The number of carbonyl (C=O) groups excluding carboxylic acids is 1. The summed E-state index contributed by atoms with van der Waals surface area (Å²) in [7, 11) is 0. The number of nitrogens with one attached hydrogen (secondary N) is 2. The summed E-state index contributed by atoms with van der Waals surface area (Å²) < 4.78 is 0. The molecule has 0 aliphatic heterocycles. The summed E-state index contributed by atoms with van der Waals surface area (Å²) in [5, 5.41) is 4.18. The second kappa shape index (κ2) is 5.31. The Hall–Kier alpha value is -1.77. The van der Waals surface area contributed by atoms with Gasteiger partial charge in [0.15, 0.2) is 0 Å². The largest absolute Gasteiger partial charge is 0.358 e. The second-order valence-corrected chi connectivity index (χ2v) is 5.95. The van der Waals surface area contributed by atoms with Crippen molar-refractivity contribution in [1.82, 2.24) is 10.3 Å². The smallest absolute Gasteiger partial charge is 0.251 e. The first-order valence-corrected chi connectivity index (χ1v) is 7.60. The lowest BCUT2D eigenvalue weighted by Crippen LogP contribution is -2.23. The first-order valence-electron chi connectivity index (χ1n) is 7.60. The van der Waals surface area contributed by atoms with Crippen molar-refractivity contribution >= 4 is 16.8 Å². The van der Waals surface area contributed by atoms with E-state index in [0.717, 1.165) is 42.8 Å². The molecule has 0 unspecified atom stereocenters. The van der Waals surface area contributed by atoms with Gasteiger partial charge in [0.1, 0.15) is 0 Å². The van der Waals surface area contributed by atoms with E-state index in [4.69, 9.17) is 0 Å². The summed E-state index contributed by atoms with van der Waals surface area (Å²) in [6, 6.07) is 6.01. The Morgan fingerprint density at radius 1 is 1.45 bits per heavy atom. The van der Waals surface area contributed by atoms with Crippen molar-refractivity contribution in [2.75, 3.05) is 6.54 Å². The molecule has 1 aliphatic rings. The lowest BCUT2D eigenvalue weighted by molar-refractivity contribution is 0.0954. The fourth-order valence-corrected chi connectivity index (χ4v) is 3.07. The number of aryl methyl sites for hydroxylation is 1. The third-order valence-electron chi connectivity index (χ3n) is 4.23. The molecule has 106 valence electrons. The van der Waals surface area contributed by atoms with E-state index in [9.17, 15) is 4.79 Å². The van der Waals surface area contributed by atoms with Gasteiger partial charge in [0.2, 0.25) is 0 Å². The molecule has 2 aromatic rings. The third kappa shape index (κ3) is 2.33. The maximum Gasteiger partial charge on any atom is 0.251 e. The molecular formula is C17H22N2O. The van der Waals surface area contributed by atoms with Gasteiger partial charge in [0.05, 0.1) is 0 Å². The van der Waals surface area contributed by atoms with Crippen LogP contribution in [0.5, 0.6) is 0 Å². The van der Waals surface area contributed by atoms with Gasteiger partial charge in [0.25, 0.3) is 5.91 Å². The molecule has 1 atom stereocenters. The lowest BCUT2D eigenvalue weighted by Gasteiger charge is -2.18. The number of fused-ring (bicyclic) bond motifs is 3. The summed E-state index contributed by atoms with van der Waals surface area (Å²) >= 11 is 0. The molecule has 1 aliphatic carbocycles. The second-order valence-electron chi connectivity index (χ2n) is 5.95. The van der Waals surface area contributed by atoms with Gasteiger partial charge in [0, 0.05) is 28.7 Å². The maximum absolute atomic E-state index is 12.1. The standard InChI is InChI=1S/C17H22N2O/c1-3-8-18-17(20)12-5-7-16-14(10-12)13-9-11(2)4-6-15(13)19-16/h5,7,10-11,19H,3-4,6,8-9H2,1-2H3,(H,18,20)/t11-/m1/s1. The Labute approximate surface area is 119 Å². The summed E-state index contributed by atoms with van der Waals surface area (Å²) in [5.41, 5.74) is 4.72. The van der Waals surface area contributed by atoms with Crippen molar-refractivity contribution in [3.8, 4) is 0 Å². The minimum Gasteiger partial charge on any atom is -0.358 e. The van der Waals surface area contributed by atoms with E-state index < -0.39 is 0 Å². The van der Waals surface area contributed by atoms with E-state index >= 15 is 0 Å². The summed E-state index contributed by atoms with van der Waals surface area (Å²) in [5.74, 6) is 0.770. The molecule has 1 amide bonds. The van der Waals surface area contributed by atoms with Crippen LogP contribution in [-0.4, -0.2) is 17.4 Å². The fourth-order valence-electron chi connectivity index (χ4n) is 3.07. The van der Waals surface area contributed by atoms with Gasteiger partial charge < -0.3 is 10.3 Å². The van der Waals surface area contributed by atoms with E-state index in [1.165, 1.54) is 23.1 Å². The Bertz CT molecular complexity index is 642. The molecule has 0 saturated carbocycles. The van der Waals surface area contributed by atoms with Crippen molar-refractivity contribution in [3.63, 3.8) is 0 Å². The van der Waals surface area contributed by atoms with Crippen LogP contribution >= 0.6 is 0 Å². The molecular weight excluding hydrogens is 248 g/mol. The summed E-state index contributed by atoms with van der Waals surface area (Å²) in [4.78, 5) is 15.6. The van der Waals surface area contributed by atoms with Gasteiger partial charge >= 0.3 is 0 Å². The van der Waals surface area contributed by atoms with Crippen molar-refractivity contribution in [2.45, 2.75) is 39.5 Å². The lowest BCUT2D eigenvalue weighted by atomic mass is 9.87. The Kier molecular flexibility index (Phi) is 3.51. The van der Waals surface area contributed by atoms with Crippen LogP contribution in [0.25, 0.3) is 10.9 Å². The average molecular weight is 270 g/mol. The highest BCUT2D eigenvalue weighted by atomic mass is 16.1. The normalized spacial score (nSPS) is 18.0. The number of hydrogen-bond acceptors (Lipinski definition) is 1. The molecule has 0 spiro atoms. The summed E-state index contributed by atoms with van der Waals surface area (Å²) in [6.45, 7) is 5.10. The predicted octanol–water partition coefficient (Wildman–Crippen LogP) is 3.43. The zero-order chi connectivity index (χ0) is 14.1. The fraction of sp³-hybridized carbons (Fsp3) is 0.471. The van der Waals surface area contributed by atoms with Gasteiger partial charge in [-0.1, -0.05) is 13.8 Å². The van der Waals surface area contributed by atoms with Gasteiger partial charge in [-0.2, -0.15) is 0 Å². The summed E-state index contributed by atoms with van der Waals surface area (Å²) in [6.07, 6.45) is 4.46. The SMILES string of the molecule is CCCNC(=O)c1ccc2[nH]c3c(c2c1)C[C@H](C)CC3. The molecule has 1 heterocycles. The van der Waals surface area contributed by atoms with Gasteiger partial charge in [-0.25, -0.2) is 0 Å². The van der Waals surface area contributed by atoms with Gasteiger partial charge in [-0.3, -0.25) is 4.79 Å². The van der Waals surface area contributed by atoms with Crippen LogP contribution < -0.4 is 5.32 Å². The minimum atomic E-state index is 0.0348. The Balaban J connectivity index is 1.98. The van der Waals surface area contributed by atoms with Crippen molar-refractivity contribution in [3.05, 3.63) is 35.0 Å². The first-order chi connectivity index (χ1) is 9.69. The highest BCUT2D eigenvalue weighted by Crippen LogP contribution is 2.32. The zero-order valence-electron chi connectivity index (χ0n) is 12.3. The topological polar surface area (TPSA) is 44.9 Å². The van der Waals surface area contributed by atoms with Crippen LogP contribution in [0.1, 0.15) is 48.3 Å². The van der Waals surface area contributed by atoms with E-state index in [1.54, 1.807) is 0 Å². The third-order valence-corrected chi connectivity index (χ3v) is 4.23. The van der Waals surface area contributed by atoms with Gasteiger partial charge in [-0.15, -0.1) is 0 Å². The molecule has 1 aromatic carbocycles. The predicted molar refractivity (Wildman–Crippen MR) is 82.1 cm³/mol. The van der Waals surface area contributed by atoms with Crippen LogP contribution in [0.15, 0.2) is 18.2 Å². The average Bonchev–Trinajstić information content (AvgIpc) is 2.82. The number of amides is 1. The van der Waals surface area contributed by atoms with E-state index in [1.807, 2.05) is 18.2 Å². The van der Waals surface area contributed by atoms with Crippen LogP contribution in [0.2, 0.25) is 0 Å². The number of aromatic amines is 1. The van der Waals surface area contributed by atoms with Crippen LogP contribution in [-0.2, 0) is 12.8 Å². The highest BCUT2D eigenvalue weighted by Gasteiger charge is 2.20. The van der Waals surface area contributed by atoms with Crippen LogP contribution in [0.3, 0.4) is 0 Å². The van der Waals surface area contributed by atoms with Crippen LogP contribution in [0, 0.1) is 5.92 Å². The monoisotopic (exact) mass is 270 g/mol. The molecule has 20 heavy (non-hydrogen) atoms. The number of H-pyrrole nitrogens is 1. The molecule has 0 saturated heterocycles.